The van der Waals surface area contributed by atoms with E-state index in [9.17, 15) is 9.18 Å². The Morgan fingerprint density at radius 2 is 2.30 bits per heavy atom. The molecule has 1 amide bonds. The van der Waals surface area contributed by atoms with E-state index in [1.807, 2.05) is 0 Å². The zero-order chi connectivity index (χ0) is 14.2. The zero-order valence-electron chi connectivity index (χ0n) is 11.2. The minimum absolute atomic E-state index is 0.0616. The smallest absolute Gasteiger partial charge is 0.232 e. The SMILES string of the molecule is O=C(Nc1ccc(Cl)cc1F)[C@@]12CCCC[C@H]1CNC2. The van der Waals surface area contributed by atoms with Crippen LogP contribution in [0.3, 0.4) is 0 Å². The number of carbonyl (C=O) groups excluding carboxylic acids is 1. The molecular formula is C15H18ClFN2O. The summed E-state index contributed by atoms with van der Waals surface area (Å²) >= 11 is 5.73. The highest BCUT2D eigenvalue weighted by atomic mass is 35.5. The van der Waals surface area contributed by atoms with Crippen LogP contribution in [0.25, 0.3) is 0 Å². The van der Waals surface area contributed by atoms with Crippen molar-refractivity contribution in [2.45, 2.75) is 25.7 Å². The van der Waals surface area contributed by atoms with Crippen molar-refractivity contribution in [1.29, 1.82) is 0 Å². The number of rotatable bonds is 2. The highest BCUT2D eigenvalue weighted by Crippen LogP contribution is 2.44. The number of carbonyl (C=O) groups is 1. The molecule has 3 nitrogen and oxygen atoms in total. The van der Waals surface area contributed by atoms with Crippen LogP contribution in [0.1, 0.15) is 25.7 Å². The van der Waals surface area contributed by atoms with Crippen molar-refractivity contribution < 1.29 is 9.18 Å². The van der Waals surface area contributed by atoms with E-state index in [2.05, 4.69) is 10.6 Å². The van der Waals surface area contributed by atoms with Crippen molar-refractivity contribution in [3.8, 4) is 0 Å². The molecule has 2 N–H and O–H groups in total. The van der Waals surface area contributed by atoms with E-state index in [0.717, 1.165) is 25.8 Å². The molecule has 0 spiro atoms. The monoisotopic (exact) mass is 296 g/mol. The molecule has 1 aromatic rings. The van der Waals surface area contributed by atoms with Crippen LogP contribution < -0.4 is 10.6 Å². The van der Waals surface area contributed by atoms with Gasteiger partial charge < -0.3 is 10.6 Å². The van der Waals surface area contributed by atoms with Crippen molar-refractivity contribution in [3.05, 3.63) is 29.0 Å². The highest BCUT2D eigenvalue weighted by molar-refractivity contribution is 6.30. The molecule has 1 heterocycles. The van der Waals surface area contributed by atoms with Crippen LogP contribution in [-0.2, 0) is 4.79 Å². The van der Waals surface area contributed by atoms with Gasteiger partial charge in [0.05, 0.1) is 11.1 Å². The Labute approximate surface area is 122 Å². The first-order chi connectivity index (χ1) is 9.62. The first-order valence-electron chi connectivity index (χ1n) is 7.09. The van der Waals surface area contributed by atoms with Crippen LogP contribution in [0, 0.1) is 17.2 Å². The number of amides is 1. The van der Waals surface area contributed by atoms with Crippen LogP contribution in [-0.4, -0.2) is 19.0 Å². The average molecular weight is 297 g/mol. The summed E-state index contributed by atoms with van der Waals surface area (Å²) in [6, 6.07) is 4.33. The Morgan fingerprint density at radius 3 is 3.10 bits per heavy atom. The number of hydrogen-bond donors (Lipinski definition) is 2. The molecular weight excluding hydrogens is 279 g/mol. The molecule has 1 saturated carbocycles. The molecule has 0 bridgehead atoms. The molecule has 5 heteroatoms. The molecule has 0 radical (unpaired) electrons. The predicted octanol–water partition coefficient (Wildman–Crippen LogP) is 3.20. The van der Waals surface area contributed by atoms with Crippen LogP contribution >= 0.6 is 11.6 Å². The third kappa shape index (κ3) is 2.31. The average Bonchev–Trinajstić information content (AvgIpc) is 2.87. The molecule has 1 aliphatic heterocycles. The minimum atomic E-state index is -0.486. The van der Waals surface area contributed by atoms with Crippen LogP contribution in [0.2, 0.25) is 5.02 Å². The largest absolute Gasteiger partial charge is 0.323 e. The van der Waals surface area contributed by atoms with Gasteiger partial charge in [-0.15, -0.1) is 0 Å². The fourth-order valence-corrected chi connectivity index (χ4v) is 3.69. The number of benzene rings is 1. The summed E-state index contributed by atoms with van der Waals surface area (Å²) < 4.78 is 13.8. The molecule has 108 valence electrons. The Kier molecular flexibility index (Phi) is 3.69. The summed E-state index contributed by atoms with van der Waals surface area (Å²) in [4.78, 5) is 12.7. The summed E-state index contributed by atoms with van der Waals surface area (Å²) in [5.41, 5.74) is -0.158. The van der Waals surface area contributed by atoms with Gasteiger partial charge >= 0.3 is 0 Å². The lowest BCUT2D eigenvalue weighted by Crippen LogP contribution is -2.44. The summed E-state index contributed by atoms with van der Waals surface area (Å²) in [5, 5.41) is 6.41. The Bertz CT molecular complexity index is 537. The van der Waals surface area contributed by atoms with E-state index in [-0.39, 0.29) is 17.0 Å². The van der Waals surface area contributed by atoms with Crippen molar-refractivity contribution >= 4 is 23.2 Å². The van der Waals surface area contributed by atoms with Gasteiger partial charge in [-0.2, -0.15) is 0 Å². The van der Waals surface area contributed by atoms with Gasteiger partial charge in [0.15, 0.2) is 0 Å². The standard InChI is InChI=1S/C15H18ClFN2O/c16-11-4-5-13(12(17)7-11)19-14(20)15-6-2-1-3-10(15)8-18-9-15/h4-5,7,10,18H,1-3,6,8-9H2,(H,19,20)/t10-,15+/m0/s1. The molecule has 2 fully saturated rings. The molecule has 1 saturated heterocycles. The Hall–Kier alpha value is -1.13. The first kappa shape index (κ1) is 13.8. The van der Waals surface area contributed by atoms with Crippen LogP contribution in [0.15, 0.2) is 18.2 Å². The normalized spacial score (nSPS) is 29.0. The number of nitrogens with one attached hydrogen (secondary N) is 2. The van der Waals surface area contributed by atoms with E-state index in [0.29, 0.717) is 17.5 Å². The van der Waals surface area contributed by atoms with Crippen molar-refractivity contribution in [1.82, 2.24) is 5.32 Å². The topological polar surface area (TPSA) is 41.1 Å². The van der Waals surface area contributed by atoms with E-state index < -0.39 is 5.82 Å². The van der Waals surface area contributed by atoms with Crippen LogP contribution in [0.4, 0.5) is 10.1 Å². The van der Waals surface area contributed by atoms with Crippen LogP contribution in [0.5, 0.6) is 0 Å². The summed E-state index contributed by atoms with van der Waals surface area (Å²) in [6.45, 7) is 1.58. The number of fused-ring (bicyclic) bond motifs is 1. The molecule has 1 aromatic carbocycles. The maximum absolute atomic E-state index is 13.8. The van der Waals surface area contributed by atoms with E-state index in [1.165, 1.54) is 18.6 Å². The minimum Gasteiger partial charge on any atom is -0.323 e. The molecule has 3 rings (SSSR count). The van der Waals surface area contributed by atoms with E-state index >= 15 is 0 Å². The number of hydrogen-bond acceptors (Lipinski definition) is 2. The lowest BCUT2D eigenvalue weighted by Gasteiger charge is -2.37. The number of anilines is 1. The van der Waals surface area contributed by atoms with E-state index in [4.69, 9.17) is 11.6 Å². The third-order valence-electron chi connectivity index (χ3n) is 4.67. The van der Waals surface area contributed by atoms with Gasteiger partial charge in [-0.3, -0.25) is 4.79 Å². The van der Waals surface area contributed by atoms with Crippen molar-refractivity contribution in [3.63, 3.8) is 0 Å². The molecule has 1 aliphatic carbocycles. The second kappa shape index (κ2) is 5.34. The van der Waals surface area contributed by atoms with Gasteiger partial charge in [0.1, 0.15) is 5.82 Å². The zero-order valence-corrected chi connectivity index (χ0v) is 12.0. The fourth-order valence-electron chi connectivity index (χ4n) is 3.53. The second-order valence-electron chi connectivity index (χ2n) is 5.81. The quantitative estimate of drug-likeness (QED) is 0.880. The highest BCUT2D eigenvalue weighted by Gasteiger charge is 2.49. The Morgan fingerprint density at radius 1 is 1.45 bits per heavy atom. The maximum Gasteiger partial charge on any atom is 0.232 e. The molecule has 0 unspecified atom stereocenters. The molecule has 2 atom stereocenters. The molecule has 2 aliphatic rings. The lowest BCUT2D eigenvalue weighted by molar-refractivity contribution is -0.128. The molecule has 20 heavy (non-hydrogen) atoms. The lowest BCUT2D eigenvalue weighted by atomic mass is 9.67. The van der Waals surface area contributed by atoms with Crippen molar-refractivity contribution in [2.24, 2.45) is 11.3 Å². The van der Waals surface area contributed by atoms with Gasteiger partial charge in [-0.25, -0.2) is 4.39 Å². The van der Waals surface area contributed by atoms with Gasteiger partial charge in [-0.05, 0) is 43.5 Å². The fraction of sp³-hybridized carbons (Fsp3) is 0.533. The third-order valence-corrected chi connectivity index (χ3v) is 4.90. The van der Waals surface area contributed by atoms with Gasteiger partial charge in [-0.1, -0.05) is 24.4 Å². The summed E-state index contributed by atoms with van der Waals surface area (Å²) in [6.07, 6.45) is 4.20. The summed E-state index contributed by atoms with van der Waals surface area (Å²) in [5.74, 6) is -0.180. The second-order valence-corrected chi connectivity index (χ2v) is 6.24. The summed E-state index contributed by atoms with van der Waals surface area (Å²) in [7, 11) is 0. The van der Waals surface area contributed by atoms with Gasteiger partial charge in [0.2, 0.25) is 5.91 Å². The predicted molar refractivity (Wildman–Crippen MR) is 77.3 cm³/mol. The van der Waals surface area contributed by atoms with E-state index in [1.54, 1.807) is 6.07 Å². The Balaban J connectivity index is 1.81. The maximum atomic E-state index is 13.8. The van der Waals surface area contributed by atoms with Gasteiger partial charge in [0, 0.05) is 11.6 Å². The van der Waals surface area contributed by atoms with Crippen molar-refractivity contribution in [2.75, 3.05) is 18.4 Å². The van der Waals surface area contributed by atoms with Gasteiger partial charge in [0.25, 0.3) is 0 Å². The molecule has 0 aromatic heterocycles. The first-order valence-corrected chi connectivity index (χ1v) is 7.47. The number of halogens is 2.